The highest BCUT2D eigenvalue weighted by molar-refractivity contribution is 7.90. The number of morpholine rings is 1. The topological polar surface area (TPSA) is 204 Å². The first kappa shape index (κ1) is 47.7. The van der Waals surface area contributed by atoms with Crippen LogP contribution in [0.1, 0.15) is 49.0 Å². The average molecular weight is 979 g/mol. The van der Waals surface area contributed by atoms with Crippen molar-refractivity contribution in [3.63, 3.8) is 0 Å². The minimum atomic E-state index is -4.64. The number of nitrogens with one attached hydrogen (secondary N) is 3. The quantitative estimate of drug-likeness (QED) is 0.0782. The van der Waals surface area contributed by atoms with Gasteiger partial charge >= 0.3 is 0 Å². The lowest BCUT2D eigenvalue weighted by molar-refractivity contribution is -0.384. The van der Waals surface area contributed by atoms with E-state index in [1.807, 2.05) is 36.4 Å². The van der Waals surface area contributed by atoms with Crippen molar-refractivity contribution in [1.29, 1.82) is 0 Å². The van der Waals surface area contributed by atoms with Crippen molar-refractivity contribution < 1.29 is 27.7 Å². The number of H-pyrrole nitrogens is 1. The Kier molecular flexibility index (Phi) is 13.5. The van der Waals surface area contributed by atoms with Crippen LogP contribution in [0.5, 0.6) is 0 Å². The normalized spacial score (nSPS) is 18.0. The zero-order valence-electron chi connectivity index (χ0n) is 39.1. The molecule has 1 aliphatic carbocycles. The van der Waals surface area contributed by atoms with Crippen molar-refractivity contribution in [3.8, 4) is 5.69 Å². The first-order valence-electron chi connectivity index (χ1n) is 23.0. The van der Waals surface area contributed by atoms with E-state index in [9.17, 15) is 28.1 Å². The number of aromatic nitrogens is 4. The van der Waals surface area contributed by atoms with Gasteiger partial charge < -0.3 is 24.8 Å². The lowest BCUT2D eigenvalue weighted by atomic mass is 9.72. The summed E-state index contributed by atoms with van der Waals surface area (Å²) >= 11 is 6.26. The highest BCUT2D eigenvalue weighted by Gasteiger charge is 2.31. The number of halogens is 1. The van der Waals surface area contributed by atoms with Gasteiger partial charge in [-0.2, -0.15) is 0 Å². The number of carbonyl (C=O) groups is 2. The van der Waals surface area contributed by atoms with Crippen molar-refractivity contribution in [3.05, 3.63) is 117 Å². The molecule has 2 saturated heterocycles. The molecule has 1 atom stereocenters. The van der Waals surface area contributed by atoms with Gasteiger partial charge in [0.05, 0.1) is 45.8 Å². The third kappa shape index (κ3) is 10.6. The lowest BCUT2D eigenvalue weighted by Gasteiger charge is -2.39. The summed E-state index contributed by atoms with van der Waals surface area (Å²) in [5, 5.41) is 20.0. The lowest BCUT2D eigenvalue weighted by Crippen LogP contribution is -2.50. The van der Waals surface area contributed by atoms with Gasteiger partial charge in [-0.3, -0.25) is 34.4 Å². The largest absolute Gasteiger partial charge is 0.377 e. The van der Waals surface area contributed by atoms with E-state index in [0.29, 0.717) is 35.5 Å². The Hall–Kier alpha value is -6.38. The number of allylic oxidation sites excluding steroid dienone is 1. The molecular weight excluding hydrogens is 922 g/mol. The summed E-state index contributed by atoms with van der Waals surface area (Å²) in [6.45, 7) is 10.0. The molecule has 2 aliphatic heterocycles. The summed E-state index contributed by atoms with van der Waals surface area (Å²) in [4.78, 5) is 55.3. The van der Waals surface area contributed by atoms with Crippen molar-refractivity contribution in [2.75, 3.05) is 89.8 Å². The smallest absolute Gasteiger partial charge is 0.293 e. The van der Waals surface area contributed by atoms with Crippen molar-refractivity contribution in [1.82, 2.24) is 39.2 Å². The molecule has 0 saturated carbocycles. The van der Waals surface area contributed by atoms with Crippen LogP contribution >= 0.6 is 11.6 Å². The molecule has 0 unspecified atom stereocenters. The number of carbonyl (C=O) groups excluding carboxylic acids is 2. The molecule has 6 aromatic rings. The molecule has 5 heterocycles. The number of hydrogen-bond donors (Lipinski definition) is 3. The molecule has 0 spiro atoms. The number of benzene rings is 3. The summed E-state index contributed by atoms with van der Waals surface area (Å²) in [7, 11) is -1.03. The number of aromatic amines is 1. The Morgan fingerprint density at radius 2 is 1.80 bits per heavy atom. The predicted molar refractivity (Wildman–Crippen MR) is 266 cm³/mol. The molecule has 3 N–H and O–H groups in total. The molecule has 9 rings (SSSR count). The number of anilines is 2. The second kappa shape index (κ2) is 19.6. The Balaban J connectivity index is 0.946. The molecule has 2 amide bonds. The highest BCUT2D eigenvalue weighted by atomic mass is 35.5. The van der Waals surface area contributed by atoms with Gasteiger partial charge in [-0.25, -0.2) is 23.1 Å². The number of nitrogens with zero attached hydrogens (tertiary/aromatic N) is 8. The van der Waals surface area contributed by atoms with Crippen LogP contribution in [0.25, 0.3) is 33.3 Å². The molecule has 0 bridgehead atoms. The van der Waals surface area contributed by atoms with Crippen LogP contribution in [0.4, 0.5) is 17.1 Å². The van der Waals surface area contributed by atoms with Crippen LogP contribution in [0, 0.1) is 15.5 Å². The Bertz CT molecular complexity index is 3070. The fraction of sp³-hybridized carbons (Fsp3) is 0.388. The number of nitro groups is 1. The van der Waals surface area contributed by atoms with Gasteiger partial charge in [-0.1, -0.05) is 43.2 Å². The third-order valence-corrected chi connectivity index (χ3v) is 14.8. The van der Waals surface area contributed by atoms with Gasteiger partial charge in [-0.15, -0.1) is 0 Å². The van der Waals surface area contributed by atoms with Gasteiger partial charge in [0, 0.05) is 86.9 Å². The van der Waals surface area contributed by atoms with Crippen LogP contribution < -0.4 is 14.9 Å². The van der Waals surface area contributed by atoms with Gasteiger partial charge in [0.15, 0.2) is 5.65 Å². The molecule has 3 aromatic heterocycles. The van der Waals surface area contributed by atoms with E-state index >= 15 is 0 Å². The molecule has 2 fully saturated rings. The van der Waals surface area contributed by atoms with Crippen LogP contribution in [0.15, 0.2) is 95.7 Å². The van der Waals surface area contributed by atoms with Crippen LogP contribution in [0.3, 0.4) is 0 Å². The van der Waals surface area contributed by atoms with Gasteiger partial charge in [-0.05, 0) is 105 Å². The standard InChI is InChI=1S/C49H56ClN11O7S/c1-49(2)15-13-34(40(26-49)32-5-7-35(50)8-6-32)29-57-17-19-58(20-18-57)36-9-11-39(43(24-36)60-44-23-33-14-16-51-47(33)54-42(44)28-53-60)48(63)55-69(66,67)38-10-12-41(45(25-38)61(64)65)52-27-37-30-59(21-22-68-37)46(62)31-56(3)4/h5-12,14,16,23-25,28,37,52-53H,13,15,17-22,26-27,29-31H2,1-4H3,(H,55,63)/t37-/m0/s1. The Labute approximate surface area is 405 Å². The summed E-state index contributed by atoms with van der Waals surface area (Å²) in [6.07, 6.45) is 6.08. The molecule has 20 heteroatoms. The predicted octanol–water partition coefficient (Wildman–Crippen LogP) is 6.57. The second-order valence-corrected chi connectivity index (χ2v) is 21.2. The fourth-order valence-electron chi connectivity index (χ4n) is 9.49. The van der Waals surface area contributed by atoms with E-state index in [1.165, 1.54) is 28.8 Å². The van der Waals surface area contributed by atoms with E-state index < -0.39 is 37.5 Å². The van der Waals surface area contributed by atoms with Crippen molar-refractivity contribution in [2.24, 2.45) is 5.41 Å². The highest BCUT2D eigenvalue weighted by Crippen LogP contribution is 2.43. The molecule has 0 radical (unpaired) electrons. The zero-order chi connectivity index (χ0) is 48.6. The van der Waals surface area contributed by atoms with Gasteiger partial charge in [0.1, 0.15) is 11.2 Å². The molecule has 18 nitrogen and oxygen atoms in total. The van der Waals surface area contributed by atoms with E-state index in [-0.39, 0.29) is 42.2 Å². The third-order valence-electron chi connectivity index (χ3n) is 13.2. The maximum absolute atomic E-state index is 14.3. The number of hydrogen-bond acceptors (Lipinski definition) is 13. The molecule has 362 valence electrons. The second-order valence-electron chi connectivity index (χ2n) is 19.1. The van der Waals surface area contributed by atoms with Crippen molar-refractivity contribution >= 4 is 78.1 Å². The molecular formula is C49H56ClN11O7S. The van der Waals surface area contributed by atoms with Gasteiger partial charge in [0.25, 0.3) is 21.6 Å². The van der Waals surface area contributed by atoms with Crippen molar-refractivity contribution in [2.45, 2.75) is 44.1 Å². The Morgan fingerprint density at radius 1 is 1.01 bits per heavy atom. The molecule has 3 aromatic carbocycles. The number of likely N-dealkylation sites (N-methyl/N-ethyl adjacent to an activating group) is 1. The van der Waals surface area contributed by atoms with E-state index in [1.54, 1.807) is 47.0 Å². The number of pyridine rings is 1. The summed E-state index contributed by atoms with van der Waals surface area (Å²) in [6, 6.07) is 20.6. The van der Waals surface area contributed by atoms with E-state index in [0.717, 1.165) is 74.1 Å². The van der Waals surface area contributed by atoms with Gasteiger partial charge in [0.2, 0.25) is 5.91 Å². The van der Waals surface area contributed by atoms with Crippen LogP contribution in [-0.4, -0.2) is 145 Å². The van der Waals surface area contributed by atoms with E-state index in [2.05, 4.69) is 60.9 Å². The van der Waals surface area contributed by atoms with Crippen LogP contribution in [-0.2, 0) is 19.6 Å². The summed E-state index contributed by atoms with van der Waals surface area (Å²) in [5.74, 6) is -0.993. The number of fused-ring (bicyclic) bond motifs is 2. The number of amides is 2. The number of nitro benzene ring substituents is 1. The Morgan fingerprint density at radius 3 is 2.55 bits per heavy atom. The maximum atomic E-state index is 14.3. The van der Waals surface area contributed by atoms with E-state index in [4.69, 9.17) is 16.3 Å². The zero-order valence-corrected chi connectivity index (χ0v) is 40.6. The number of rotatable bonds is 14. The number of ether oxygens (including phenoxy) is 1. The SMILES string of the molecule is CN(C)CC(=O)N1CCO[C@@H](CNc2ccc(S(=O)(=O)NC(=O)c3ccc(N4CCN(CC5=C(c6ccc(Cl)cc6)CC(C)(C)CC5)CC4)cc3-n3[nH]cc4nc5nccc5cc43)cc2[N+](=O)[O-])C1. The minimum Gasteiger partial charge on any atom is -0.377 e. The number of piperazine rings is 1. The first-order chi connectivity index (χ1) is 33.0. The van der Waals surface area contributed by atoms with Crippen LogP contribution in [0.2, 0.25) is 5.02 Å². The summed E-state index contributed by atoms with van der Waals surface area (Å²) in [5.41, 5.74) is 6.89. The molecule has 3 aliphatic rings. The minimum absolute atomic E-state index is 0.0377. The average Bonchev–Trinajstić information content (AvgIpc) is 3.97. The fourth-order valence-corrected chi connectivity index (χ4v) is 10.6. The monoisotopic (exact) mass is 977 g/mol. The first-order valence-corrected chi connectivity index (χ1v) is 24.9. The molecule has 69 heavy (non-hydrogen) atoms. The maximum Gasteiger partial charge on any atom is 0.293 e. The number of sulfonamides is 1. The summed E-state index contributed by atoms with van der Waals surface area (Å²) < 4.78 is 37.6.